The van der Waals surface area contributed by atoms with Crippen LogP contribution in [0.5, 0.6) is 0 Å². The monoisotopic (exact) mass is 276 g/mol. The molecule has 0 aliphatic carbocycles. The van der Waals surface area contributed by atoms with Crippen molar-refractivity contribution >= 4 is 5.82 Å². The van der Waals surface area contributed by atoms with Crippen LogP contribution in [0.25, 0.3) is 0 Å². The van der Waals surface area contributed by atoms with Crippen LogP contribution in [0.2, 0.25) is 0 Å². The van der Waals surface area contributed by atoms with Gasteiger partial charge in [0.05, 0.1) is 0 Å². The van der Waals surface area contributed by atoms with Crippen LogP contribution in [0.1, 0.15) is 31.7 Å². The molecule has 2 heterocycles. The number of anilines is 1. The molecule has 1 aliphatic rings. The number of rotatable bonds is 7. The molecule has 1 unspecified atom stereocenters. The number of likely N-dealkylation sites (tertiary alicyclic amines) is 1. The molecule has 4 nitrogen and oxygen atoms in total. The fraction of sp³-hybridized carbons (Fsp3) is 0.688. The largest absolute Gasteiger partial charge is 0.358 e. The van der Waals surface area contributed by atoms with Crippen molar-refractivity contribution in [2.24, 2.45) is 0 Å². The molecule has 1 aromatic heterocycles. The molecule has 1 N–H and O–H groups in total. The molecular weight excluding hydrogens is 248 g/mol. The Labute approximate surface area is 123 Å². The van der Waals surface area contributed by atoms with E-state index in [0.717, 1.165) is 25.5 Å². The summed E-state index contributed by atoms with van der Waals surface area (Å²) in [7, 11) is 4.38. The summed E-state index contributed by atoms with van der Waals surface area (Å²) in [5.41, 5.74) is 1.31. The highest BCUT2D eigenvalue weighted by Crippen LogP contribution is 2.18. The molecule has 0 bridgehead atoms. The number of hydrogen-bond acceptors (Lipinski definition) is 4. The molecule has 4 heteroatoms. The van der Waals surface area contributed by atoms with E-state index in [1.165, 1.54) is 31.4 Å². The predicted octanol–water partition coefficient (Wildman–Crippen LogP) is 2.11. The van der Waals surface area contributed by atoms with Crippen molar-refractivity contribution < 1.29 is 0 Å². The second-order valence-corrected chi connectivity index (χ2v) is 5.86. The highest BCUT2D eigenvalue weighted by Gasteiger charge is 2.22. The molecule has 1 aromatic rings. The molecule has 0 amide bonds. The van der Waals surface area contributed by atoms with Crippen LogP contribution in [-0.4, -0.2) is 49.7 Å². The third-order valence-electron chi connectivity index (χ3n) is 4.11. The van der Waals surface area contributed by atoms with Gasteiger partial charge in [0.15, 0.2) is 0 Å². The van der Waals surface area contributed by atoms with Gasteiger partial charge in [-0.3, -0.25) is 0 Å². The predicted molar refractivity (Wildman–Crippen MR) is 85.2 cm³/mol. The second-order valence-electron chi connectivity index (χ2n) is 5.86. The van der Waals surface area contributed by atoms with Gasteiger partial charge in [0.2, 0.25) is 0 Å². The van der Waals surface area contributed by atoms with E-state index in [2.05, 4.69) is 53.3 Å². The van der Waals surface area contributed by atoms with Gasteiger partial charge in [-0.1, -0.05) is 6.92 Å². The molecule has 1 atom stereocenters. The van der Waals surface area contributed by atoms with Crippen molar-refractivity contribution in [2.75, 3.05) is 38.6 Å². The first-order valence-electron chi connectivity index (χ1n) is 7.77. The Morgan fingerprint density at radius 2 is 2.35 bits per heavy atom. The first kappa shape index (κ1) is 15.3. The van der Waals surface area contributed by atoms with Crippen LogP contribution in [0, 0.1) is 0 Å². The number of likely N-dealkylation sites (N-methyl/N-ethyl adjacent to an activating group) is 2. The average Bonchev–Trinajstić information content (AvgIpc) is 2.85. The summed E-state index contributed by atoms with van der Waals surface area (Å²) in [5.74, 6) is 1.08. The Balaban J connectivity index is 1.91. The molecule has 0 radical (unpaired) electrons. The Kier molecular flexibility index (Phi) is 5.80. The van der Waals surface area contributed by atoms with Gasteiger partial charge in [-0.15, -0.1) is 0 Å². The Hall–Kier alpha value is -1.13. The van der Waals surface area contributed by atoms with E-state index in [1.54, 1.807) is 0 Å². The van der Waals surface area contributed by atoms with Crippen molar-refractivity contribution in [1.29, 1.82) is 0 Å². The lowest BCUT2D eigenvalue weighted by atomic mass is 10.2. The van der Waals surface area contributed by atoms with E-state index in [9.17, 15) is 0 Å². The zero-order valence-electron chi connectivity index (χ0n) is 13.1. The molecule has 112 valence electrons. The maximum Gasteiger partial charge on any atom is 0.128 e. The van der Waals surface area contributed by atoms with Gasteiger partial charge >= 0.3 is 0 Å². The number of nitrogens with one attached hydrogen (secondary N) is 1. The van der Waals surface area contributed by atoms with Gasteiger partial charge in [0.1, 0.15) is 5.82 Å². The second kappa shape index (κ2) is 7.60. The van der Waals surface area contributed by atoms with E-state index >= 15 is 0 Å². The molecule has 0 saturated carbocycles. The maximum atomic E-state index is 4.51. The molecule has 0 spiro atoms. The summed E-state index contributed by atoms with van der Waals surface area (Å²) in [4.78, 5) is 9.26. The van der Waals surface area contributed by atoms with Gasteiger partial charge in [-0.05, 0) is 57.1 Å². The zero-order valence-corrected chi connectivity index (χ0v) is 13.1. The van der Waals surface area contributed by atoms with Crippen LogP contribution in [0.3, 0.4) is 0 Å². The number of nitrogens with zero attached hydrogens (tertiary/aromatic N) is 3. The summed E-state index contributed by atoms with van der Waals surface area (Å²) >= 11 is 0. The average molecular weight is 276 g/mol. The van der Waals surface area contributed by atoms with Gasteiger partial charge in [0.25, 0.3) is 0 Å². The Morgan fingerprint density at radius 1 is 1.50 bits per heavy atom. The summed E-state index contributed by atoms with van der Waals surface area (Å²) in [5, 5.41) is 3.44. The first-order chi connectivity index (χ1) is 9.70. The molecule has 2 rings (SSSR count). The maximum absolute atomic E-state index is 4.51. The van der Waals surface area contributed by atoms with Crippen LogP contribution in [-0.2, 0) is 6.54 Å². The minimum absolute atomic E-state index is 0.670. The third kappa shape index (κ3) is 4.18. The van der Waals surface area contributed by atoms with Crippen molar-refractivity contribution in [3.05, 3.63) is 23.9 Å². The zero-order chi connectivity index (χ0) is 14.4. The summed E-state index contributed by atoms with van der Waals surface area (Å²) in [6, 6.07) is 4.97. The van der Waals surface area contributed by atoms with Gasteiger partial charge in [-0.25, -0.2) is 4.98 Å². The number of aromatic nitrogens is 1. The summed E-state index contributed by atoms with van der Waals surface area (Å²) in [6.07, 6.45) is 5.72. The SMILES string of the molecule is CCCNCc1ccnc(N(C)CC2CCCN2C)c1. The molecule has 1 fully saturated rings. The molecular formula is C16H28N4. The number of hydrogen-bond donors (Lipinski definition) is 1. The lowest BCUT2D eigenvalue weighted by Gasteiger charge is -2.26. The lowest BCUT2D eigenvalue weighted by molar-refractivity contribution is 0.314. The van der Waals surface area contributed by atoms with Gasteiger partial charge < -0.3 is 15.1 Å². The fourth-order valence-corrected chi connectivity index (χ4v) is 2.81. The Bertz CT molecular complexity index is 407. The van der Waals surface area contributed by atoms with Crippen molar-refractivity contribution in [3.63, 3.8) is 0 Å². The molecule has 1 saturated heterocycles. The normalized spacial score (nSPS) is 19.4. The summed E-state index contributed by atoms with van der Waals surface area (Å²) < 4.78 is 0. The van der Waals surface area contributed by atoms with E-state index < -0.39 is 0 Å². The highest BCUT2D eigenvalue weighted by atomic mass is 15.2. The topological polar surface area (TPSA) is 31.4 Å². The molecule has 1 aliphatic heterocycles. The van der Waals surface area contributed by atoms with Gasteiger partial charge in [-0.2, -0.15) is 0 Å². The van der Waals surface area contributed by atoms with Crippen LogP contribution < -0.4 is 10.2 Å². The van der Waals surface area contributed by atoms with Crippen molar-refractivity contribution in [1.82, 2.24) is 15.2 Å². The standard InChI is InChI=1S/C16H28N4/c1-4-8-17-12-14-7-9-18-16(11-14)20(3)13-15-6-5-10-19(15)2/h7,9,11,15,17H,4-6,8,10,12-13H2,1-3H3. The van der Waals surface area contributed by atoms with Crippen LogP contribution >= 0.6 is 0 Å². The van der Waals surface area contributed by atoms with Gasteiger partial charge in [0, 0.05) is 32.4 Å². The first-order valence-corrected chi connectivity index (χ1v) is 7.77. The lowest BCUT2D eigenvalue weighted by Crippen LogP contribution is -2.37. The minimum atomic E-state index is 0.670. The third-order valence-corrected chi connectivity index (χ3v) is 4.11. The highest BCUT2D eigenvalue weighted by molar-refractivity contribution is 5.40. The van der Waals surface area contributed by atoms with E-state index in [1.807, 2.05) is 6.20 Å². The van der Waals surface area contributed by atoms with E-state index in [-0.39, 0.29) is 0 Å². The van der Waals surface area contributed by atoms with Crippen LogP contribution in [0.15, 0.2) is 18.3 Å². The summed E-state index contributed by atoms with van der Waals surface area (Å²) in [6.45, 7) is 6.49. The van der Waals surface area contributed by atoms with Crippen molar-refractivity contribution in [2.45, 2.75) is 38.8 Å². The molecule has 0 aromatic carbocycles. The van der Waals surface area contributed by atoms with E-state index in [0.29, 0.717) is 6.04 Å². The quantitative estimate of drug-likeness (QED) is 0.773. The fourth-order valence-electron chi connectivity index (χ4n) is 2.81. The number of pyridine rings is 1. The Morgan fingerprint density at radius 3 is 3.05 bits per heavy atom. The van der Waals surface area contributed by atoms with Crippen molar-refractivity contribution in [3.8, 4) is 0 Å². The van der Waals surface area contributed by atoms with Crippen LogP contribution in [0.4, 0.5) is 5.82 Å². The molecule has 20 heavy (non-hydrogen) atoms. The minimum Gasteiger partial charge on any atom is -0.358 e. The smallest absolute Gasteiger partial charge is 0.128 e. The van der Waals surface area contributed by atoms with E-state index in [4.69, 9.17) is 0 Å².